The molecule has 0 unspecified atom stereocenters. The van der Waals surface area contributed by atoms with Crippen LogP contribution in [-0.4, -0.2) is 21.3 Å². The standard InChI is InChI=1S/C25H23N3O2/c1-17(19-12-14-21(29)15-13-19)26-27-25(30)16-23-18(2)28(20-8-4-3-5-9-20)24-11-7-6-10-22(23)24/h3-15,29H,16H2,1-2H3,(H,27,30)/b26-17-. The van der Waals surface area contributed by atoms with Crippen LogP contribution in [0.5, 0.6) is 5.75 Å². The summed E-state index contributed by atoms with van der Waals surface area (Å²) < 4.78 is 2.18. The van der Waals surface area contributed by atoms with Crippen molar-refractivity contribution < 1.29 is 9.90 Å². The summed E-state index contributed by atoms with van der Waals surface area (Å²) in [4.78, 5) is 12.7. The van der Waals surface area contributed by atoms with Crippen LogP contribution < -0.4 is 5.43 Å². The van der Waals surface area contributed by atoms with Crippen molar-refractivity contribution in [1.29, 1.82) is 0 Å². The van der Waals surface area contributed by atoms with Gasteiger partial charge in [-0.3, -0.25) is 4.79 Å². The summed E-state index contributed by atoms with van der Waals surface area (Å²) >= 11 is 0. The van der Waals surface area contributed by atoms with Gasteiger partial charge in [-0.05, 0) is 67.4 Å². The molecule has 0 saturated heterocycles. The van der Waals surface area contributed by atoms with Crippen molar-refractivity contribution in [1.82, 2.24) is 9.99 Å². The third kappa shape index (κ3) is 3.82. The molecule has 0 spiro atoms. The summed E-state index contributed by atoms with van der Waals surface area (Å²) in [6.07, 6.45) is 0.235. The molecule has 4 rings (SSSR count). The topological polar surface area (TPSA) is 66.6 Å². The van der Waals surface area contributed by atoms with E-state index in [1.165, 1.54) is 0 Å². The second-order valence-electron chi connectivity index (χ2n) is 7.21. The Morgan fingerprint density at radius 1 is 0.967 bits per heavy atom. The van der Waals surface area contributed by atoms with E-state index in [0.29, 0.717) is 5.71 Å². The number of benzene rings is 3. The Hall–Kier alpha value is -3.86. The van der Waals surface area contributed by atoms with Crippen molar-refractivity contribution in [2.45, 2.75) is 20.3 Å². The first-order valence-corrected chi connectivity index (χ1v) is 9.81. The number of hydrazone groups is 1. The van der Waals surface area contributed by atoms with Gasteiger partial charge in [-0.2, -0.15) is 5.10 Å². The maximum atomic E-state index is 12.7. The predicted octanol–water partition coefficient (Wildman–Crippen LogP) is 4.73. The summed E-state index contributed by atoms with van der Waals surface area (Å²) in [5, 5.41) is 14.7. The van der Waals surface area contributed by atoms with Gasteiger partial charge >= 0.3 is 0 Å². The molecule has 0 fully saturated rings. The van der Waals surface area contributed by atoms with E-state index in [9.17, 15) is 9.90 Å². The average Bonchev–Trinajstić information content (AvgIpc) is 3.04. The van der Waals surface area contributed by atoms with Gasteiger partial charge in [0.15, 0.2) is 0 Å². The number of carbonyl (C=O) groups is 1. The predicted molar refractivity (Wildman–Crippen MR) is 120 cm³/mol. The number of aromatic nitrogens is 1. The molecule has 4 aromatic rings. The van der Waals surface area contributed by atoms with Crippen molar-refractivity contribution in [2.24, 2.45) is 5.10 Å². The lowest BCUT2D eigenvalue weighted by atomic mass is 10.1. The fraction of sp³-hybridized carbons (Fsp3) is 0.120. The van der Waals surface area contributed by atoms with E-state index in [2.05, 4.69) is 39.4 Å². The molecule has 1 heterocycles. The molecule has 5 heteroatoms. The summed E-state index contributed by atoms with van der Waals surface area (Å²) in [7, 11) is 0. The second-order valence-corrected chi connectivity index (χ2v) is 7.21. The number of nitrogens with zero attached hydrogens (tertiary/aromatic N) is 2. The summed E-state index contributed by atoms with van der Waals surface area (Å²) in [5.74, 6) is 0.0214. The van der Waals surface area contributed by atoms with Crippen molar-refractivity contribution in [3.05, 3.63) is 95.7 Å². The van der Waals surface area contributed by atoms with Gasteiger partial charge in [0.2, 0.25) is 5.91 Å². The van der Waals surface area contributed by atoms with Crippen LogP contribution in [0.25, 0.3) is 16.6 Å². The normalized spacial score (nSPS) is 11.6. The van der Waals surface area contributed by atoms with E-state index in [1.807, 2.05) is 44.2 Å². The fourth-order valence-electron chi connectivity index (χ4n) is 3.68. The zero-order chi connectivity index (χ0) is 21.1. The Morgan fingerprint density at radius 2 is 1.63 bits per heavy atom. The lowest BCUT2D eigenvalue weighted by Crippen LogP contribution is -2.21. The van der Waals surface area contributed by atoms with Crippen LogP contribution in [0.15, 0.2) is 84.0 Å². The first-order chi connectivity index (χ1) is 14.5. The Morgan fingerprint density at radius 3 is 2.37 bits per heavy atom. The van der Waals surface area contributed by atoms with Crippen LogP contribution in [0.1, 0.15) is 23.7 Å². The molecule has 1 amide bonds. The third-order valence-electron chi connectivity index (χ3n) is 5.23. The number of phenolic OH excluding ortho intramolecular Hbond substituents is 1. The van der Waals surface area contributed by atoms with Crippen molar-refractivity contribution in [3.63, 3.8) is 0 Å². The number of carbonyl (C=O) groups excluding carboxylic acids is 1. The highest BCUT2D eigenvalue weighted by Gasteiger charge is 2.17. The highest BCUT2D eigenvalue weighted by molar-refractivity contribution is 5.99. The first kappa shape index (κ1) is 19.5. The van der Waals surface area contributed by atoms with Crippen molar-refractivity contribution >= 4 is 22.5 Å². The number of phenols is 1. The van der Waals surface area contributed by atoms with Gasteiger partial charge in [-0.25, -0.2) is 5.43 Å². The summed E-state index contributed by atoms with van der Waals surface area (Å²) in [5.41, 5.74) is 8.35. The van der Waals surface area contributed by atoms with E-state index in [0.717, 1.165) is 33.4 Å². The van der Waals surface area contributed by atoms with E-state index < -0.39 is 0 Å². The number of hydrogen-bond acceptors (Lipinski definition) is 3. The van der Waals surface area contributed by atoms with Crippen molar-refractivity contribution in [3.8, 4) is 11.4 Å². The van der Waals surface area contributed by atoms with E-state index in [-0.39, 0.29) is 18.1 Å². The van der Waals surface area contributed by atoms with Crippen LogP contribution in [0, 0.1) is 6.92 Å². The Kier molecular flexibility index (Phi) is 5.35. The van der Waals surface area contributed by atoms with Gasteiger partial charge in [0.05, 0.1) is 17.6 Å². The molecule has 0 aliphatic heterocycles. The highest BCUT2D eigenvalue weighted by Crippen LogP contribution is 2.29. The largest absolute Gasteiger partial charge is 0.508 e. The van der Waals surface area contributed by atoms with Gasteiger partial charge in [0.25, 0.3) is 0 Å². The van der Waals surface area contributed by atoms with Crippen LogP contribution in [-0.2, 0) is 11.2 Å². The molecule has 1 aromatic heterocycles. The molecule has 5 nitrogen and oxygen atoms in total. The van der Waals surface area contributed by atoms with Crippen LogP contribution in [0.2, 0.25) is 0 Å². The van der Waals surface area contributed by atoms with Crippen LogP contribution in [0.3, 0.4) is 0 Å². The molecule has 0 aliphatic rings. The Bertz CT molecular complexity index is 1220. The van der Waals surface area contributed by atoms with E-state index in [4.69, 9.17) is 0 Å². The minimum absolute atomic E-state index is 0.174. The maximum absolute atomic E-state index is 12.7. The summed E-state index contributed by atoms with van der Waals surface area (Å²) in [6, 6.07) is 25.0. The molecule has 0 bridgehead atoms. The third-order valence-corrected chi connectivity index (χ3v) is 5.23. The Labute approximate surface area is 175 Å². The molecule has 3 aromatic carbocycles. The smallest absolute Gasteiger partial charge is 0.244 e. The molecule has 30 heavy (non-hydrogen) atoms. The number of aromatic hydroxyl groups is 1. The second kappa shape index (κ2) is 8.25. The number of para-hydroxylation sites is 2. The lowest BCUT2D eigenvalue weighted by molar-refractivity contribution is -0.120. The molecular weight excluding hydrogens is 374 g/mol. The molecule has 0 aliphatic carbocycles. The minimum Gasteiger partial charge on any atom is -0.508 e. The van der Waals surface area contributed by atoms with E-state index in [1.54, 1.807) is 24.3 Å². The van der Waals surface area contributed by atoms with Crippen LogP contribution >= 0.6 is 0 Å². The highest BCUT2D eigenvalue weighted by atomic mass is 16.3. The first-order valence-electron chi connectivity index (χ1n) is 9.81. The van der Waals surface area contributed by atoms with Gasteiger partial charge in [-0.15, -0.1) is 0 Å². The van der Waals surface area contributed by atoms with Gasteiger partial charge in [-0.1, -0.05) is 36.4 Å². The van der Waals surface area contributed by atoms with Gasteiger partial charge in [0, 0.05) is 16.8 Å². The number of hydrogen-bond donors (Lipinski definition) is 2. The number of rotatable bonds is 5. The van der Waals surface area contributed by atoms with Crippen molar-refractivity contribution in [2.75, 3.05) is 0 Å². The lowest BCUT2D eigenvalue weighted by Gasteiger charge is -2.08. The SMILES string of the molecule is C/C(=N/NC(=O)Cc1c(C)n(-c2ccccc2)c2ccccc12)c1ccc(O)cc1. The molecule has 2 N–H and O–H groups in total. The molecule has 0 atom stereocenters. The molecule has 0 radical (unpaired) electrons. The zero-order valence-corrected chi connectivity index (χ0v) is 17.0. The Balaban J connectivity index is 1.61. The number of fused-ring (bicyclic) bond motifs is 1. The monoisotopic (exact) mass is 397 g/mol. The molecule has 150 valence electrons. The average molecular weight is 397 g/mol. The van der Waals surface area contributed by atoms with E-state index >= 15 is 0 Å². The number of amides is 1. The van der Waals surface area contributed by atoms with Gasteiger partial charge < -0.3 is 9.67 Å². The molecular formula is C25H23N3O2. The quantitative estimate of drug-likeness (QED) is 0.378. The number of nitrogens with one attached hydrogen (secondary N) is 1. The summed E-state index contributed by atoms with van der Waals surface area (Å²) in [6.45, 7) is 3.86. The molecule has 0 saturated carbocycles. The minimum atomic E-state index is -0.174. The van der Waals surface area contributed by atoms with Crippen LogP contribution in [0.4, 0.5) is 0 Å². The maximum Gasteiger partial charge on any atom is 0.244 e. The van der Waals surface area contributed by atoms with Gasteiger partial charge in [0.1, 0.15) is 5.75 Å². The fourth-order valence-corrected chi connectivity index (χ4v) is 3.68. The zero-order valence-electron chi connectivity index (χ0n) is 17.0.